The van der Waals surface area contributed by atoms with E-state index >= 15 is 0 Å². The molecule has 1 unspecified atom stereocenters. The molecule has 4 aliphatic heterocycles. The quantitative estimate of drug-likeness (QED) is 0.168. The zero-order chi connectivity index (χ0) is 42.3. The minimum atomic E-state index is -0.805. The van der Waals surface area contributed by atoms with Gasteiger partial charge in [0.2, 0.25) is 17.6 Å². The van der Waals surface area contributed by atoms with Crippen LogP contribution in [-0.4, -0.2) is 136 Å². The third-order valence-corrected chi connectivity index (χ3v) is 12.8. The van der Waals surface area contributed by atoms with E-state index in [-0.39, 0.29) is 24.2 Å². The highest BCUT2D eigenvalue weighted by Crippen LogP contribution is 2.34. The van der Waals surface area contributed by atoms with Crippen molar-refractivity contribution in [1.29, 1.82) is 0 Å². The van der Waals surface area contributed by atoms with E-state index < -0.39 is 17.9 Å². The summed E-state index contributed by atoms with van der Waals surface area (Å²) in [5.41, 5.74) is 4.44. The van der Waals surface area contributed by atoms with Gasteiger partial charge in [-0.2, -0.15) is 4.98 Å². The lowest BCUT2D eigenvalue weighted by Gasteiger charge is -2.40. The fraction of sp³-hybridized carbons (Fsp3) is 0.413. The van der Waals surface area contributed by atoms with Gasteiger partial charge in [-0.1, -0.05) is 17.8 Å². The Bertz CT molecular complexity index is 2520. The number of amides is 3. The molecule has 16 nitrogen and oxygen atoms in total. The summed E-state index contributed by atoms with van der Waals surface area (Å²) in [6.07, 6.45) is 7.06. The number of carbonyl (C=O) groups is 3. The summed E-state index contributed by atoms with van der Waals surface area (Å²) in [4.78, 5) is 61.0. The number of imide groups is 1. The largest absolute Gasteiger partial charge is 0.490 e. The van der Waals surface area contributed by atoms with Crippen LogP contribution in [0.2, 0.25) is 0 Å². The summed E-state index contributed by atoms with van der Waals surface area (Å²) in [6, 6.07) is 18.0. The van der Waals surface area contributed by atoms with E-state index in [1.807, 2.05) is 42.5 Å². The van der Waals surface area contributed by atoms with Crippen molar-refractivity contribution < 1.29 is 33.1 Å². The van der Waals surface area contributed by atoms with Crippen LogP contribution in [0.15, 0.2) is 83.7 Å². The van der Waals surface area contributed by atoms with E-state index in [9.17, 15) is 14.4 Å². The Labute approximate surface area is 358 Å². The zero-order valence-electron chi connectivity index (χ0n) is 34.7. The number of aromatic nitrogens is 4. The van der Waals surface area contributed by atoms with Crippen LogP contribution in [0.1, 0.15) is 59.2 Å². The molecule has 320 valence electrons. The Morgan fingerprint density at radius 2 is 1.60 bits per heavy atom. The van der Waals surface area contributed by atoms with Gasteiger partial charge in [0, 0.05) is 99.8 Å². The summed E-state index contributed by atoms with van der Waals surface area (Å²) in [5.74, 6) is 0.909. The number of piperidine rings is 2. The number of pyridine rings is 2. The molecular weight excluding hydrogens is 791 g/mol. The molecule has 16 heteroatoms. The van der Waals surface area contributed by atoms with E-state index in [1.165, 1.54) is 0 Å². The highest BCUT2D eigenvalue weighted by atomic mass is 16.5. The van der Waals surface area contributed by atoms with Crippen molar-refractivity contribution in [1.82, 2.24) is 40.1 Å². The summed E-state index contributed by atoms with van der Waals surface area (Å²) >= 11 is 0. The molecule has 3 saturated heterocycles. The van der Waals surface area contributed by atoms with Crippen LogP contribution in [0.3, 0.4) is 0 Å². The van der Waals surface area contributed by atoms with E-state index in [4.69, 9.17) is 23.7 Å². The van der Waals surface area contributed by atoms with Crippen LogP contribution in [0, 0.1) is 0 Å². The Morgan fingerprint density at radius 3 is 2.39 bits per heavy atom. The lowest BCUT2D eigenvalue weighted by atomic mass is 9.91. The second kappa shape index (κ2) is 16.9. The SMILES string of the molecule is C=C1CCC(N2C(=O)c3ccc(N4CCN(CCN5CCC(O[C@H]6C[C@H](Oc7ccc8nc(-c9noc(-c%10ccnc(OC)c%10)n9)ccc8c7)C6)CC5)CC4)cc3C2=O)C(=O)N1. The highest BCUT2D eigenvalue weighted by molar-refractivity contribution is 6.23. The third kappa shape index (κ3) is 8.12. The van der Waals surface area contributed by atoms with Crippen LogP contribution >= 0.6 is 0 Å². The number of nitrogens with zero attached hydrogens (tertiary/aromatic N) is 8. The van der Waals surface area contributed by atoms with Crippen molar-refractivity contribution >= 4 is 34.3 Å². The fourth-order valence-electron chi connectivity index (χ4n) is 9.11. The van der Waals surface area contributed by atoms with Gasteiger partial charge in [-0.25, -0.2) is 9.97 Å². The predicted molar refractivity (Wildman–Crippen MR) is 229 cm³/mol. The fourth-order valence-corrected chi connectivity index (χ4v) is 9.11. The lowest BCUT2D eigenvalue weighted by Crippen LogP contribution is -2.51. The summed E-state index contributed by atoms with van der Waals surface area (Å²) in [7, 11) is 1.56. The number of likely N-dealkylation sites (tertiary alicyclic amines) is 1. The molecule has 5 aliphatic rings. The summed E-state index contributed by atoms with van der Waals surface area (Å²) in [6.45, 7) is 11.5. The van der Waals surface area contributed by atoms with E-state index in [0.29, 0.717) is 58.5 Å². The Balaban J connectivity index is 0.630. The van der Waals surface area contributed by atoms with Crippen molar-refractivity contribution in [2.75, 3.05) is 64.4 Å². The molecule has 0 spiro atoms. The first kappa shape index (κ1) is 39.9. The molecule has 5 aromatic rings. The number of allylic oxidation sites excluding steroid dienone is 1. The maximum atomic E-state index is 13.4. The molecule has 10 rings (SSSR count). The molecular formula is C46H49N9O7. The molecule has 62 heavy (non-hydrogen) atoms. The number of fused-ring (bicyclic) bond motifs is 2. The van der Waals surface area contributed by atoms with E-state index in [1.54, 1.807) is 31.5 Å². The molecule has 1 saturated carbocycles. The molecule has 4 fully saturated rings. The molecule has 2 aromatic carbocycles. The first-order valence-corrected chi connectivity index (χ1v) is 21.5. The normalized spacial score (nSPS) is 22.5. The van der Waals surface area contributed by atoms with Gasteiger partial charge in [0.1, 0.15) is 23.6 Å². The van der Waals surface area contributed by atoms with Gasteiger partial charge >= 0.3 is 0 Å². The molecule has 3 amide bonds. The van der Waals surface area contributed by atoms with Crippen molar-refractivity contribution in [3.8, 4) is 34.6 Å². The van der Waals surface area contributed by atoms with Crippen LogP contribution < -0.4 is 19.7 Å². The Kier molecular flexibility index (Phi) is 10.9. The van der Waals surface area contributed by atoms with E-state index in [2.05, 4.69) is 41.7 Å². The minimum Gasteiger partial charge on any atom is -0.490 e. The number of nitrogens with one attached hydrogen (secondary N) is 1. The first-order valence-electron chi connectivity index (χ1n) is 21.5. The summed E-state index contributed by atoms with van der Waals surface area (Å²) < 4.78 is 23.6. The number of ether oxygens (including phenoxy) is 3. The van der Waals surface area contributed by atoms with Crippen LogP contribution in [0.4, 0.5) is 5.69 Å². The maximum absolute atomic E-state index is 13.4. The number of piperazine rings is 1. The number of benzene rings is 2. The summed E-state index contributed by atoms with van der Waals surface area (Å²) in [5, 5.41) is 7.80. The first-order chi connectivity index (χ1) is 30.2. The number of carbonyl (C=O) groups excluding carboxylic acids is 3. The second-order valence-corrected chi connectivity index (χ2v) is 16.8. The van der Waals surface area contributed by atoms with Gasteiger partial charge in [0.25, 0.3) is 17.7 Å². The Morgan fingerprint density at radius 1 is 0.806 bits per heavy atom. The highest BCUT2D eigenvalue weighted by Gasteiger charge is 2.44. The number of rotatable bonds is 12. The molecule has 7 heterocycles. The average molecular weight is 840 g/mol. The van der Waals surface area contributed by atoms with Crippen LogP contribution in [0.5, 0.6) is 11.6 Å². The van der Waals surface area contributed by atoms with Crippen molar-refractivity contribution in [3.05, 3.63) is 90.3 Å². The molecule has 3 aromatic heterocycles. The smallest absolute Gasteiger partial charge is 0.262 e. The second-order valence-electron chi connectivity index (χ2n) is 16.8. The molecule has 1 aliphatic carbocycles. The van der Waals surface area contributed by atoms with Gasteiger partial charge in [0.05, 0.1) is 36.0 Å². The van der Waals surface area contributed by atoms with Gasteiger partial charge in [-0.3, -0.25) is 24.2 Å². The maximum Gasteiger partial charge on any atom is 0.262 e. The van der Waals surface area contributed by atoms with Gasteiger partial charge in [-0.05, 0) is 74.2 Å². The van der Waals surface area contributed by atoms with Gasteiger partial charge in [-0.15, -0.1) is 0 Å². The molecule has 0 bridgehead atoms. The van der Waals surface area contributed by atoms with Gasteiger partial charge < -0.3 is 33.9 Å². The van der Waals surface area contributed by atoms with Crippen molar-refractivity contribution in [3.63, 3.8) is 0 Å². The average Bonchev–Trinajstić information content (AvgIpc) is 3.88. The number of anilines is 1. The lowest BCUT2D eigenvalue weighted by molar-refractivity contribution is -0.125. The topological polar surface area (TPSA) is 169 Å². The third-order valence-electron chi connectivity index (χ3n) is 12.8. The van der Waals surface area contributed by atoms with E-state index in [0.717, 1.165) is 105 Å². The minimum absolute atomic E-state index is 0.132. The number of methoxy groups -OCH3 is 1. The molecule has 0 radical (unpaired) electrons. The standard InChI is InChI=1S/C46H49N9O7/c1-28-3-10-40(43(56)48-28)55-45(57)36-7-5-31(25-37(36)46(55)58)54-21-19-53(20-22-54)18-17-52-15-12-32(13-16-52)60-34-26-35(27-34)61-33-6-9-38-29(23-33)4-8-39(49-38)42-50-44(62-51-42)30-11-14-47-41(24-30)59-2/h4-9,11,14,23-25,32,34-35,40H,1,3,10,12-13,15-22,26-27H2,2H3,(H,48,56)/t34-,35-,40?. The van der Waals surface area contributed by atoms with Crippen molar-refractivity contribution in [2.24, 2.45) is 0 Å². The van der Waals surface area contributed by atoms with Gasteiger partial charge in [0.15, 0.2) is 0 Å². The zero-order valence-corrected chi connectivity index (χ0v) is 34.7. The van der Waals surface area contributed by atoms with Crippen LogP contribution in [0.25, 0.3) is 33.9 Å². The van der Waals surface area contributed by atoms with Crippen LogP contribution in [-0.2, 0) is 9.53 Å². The molecule has 1 atom stereocenters. The number of hydrogen-bond donors (Lipinski definition) is 1. The monoisotopic (exact) mass is 839 g/mol. The number of hydrogen-bond acceptors (Lipinski definition) is 14. The van der Waals surface area contributed by atoms with Crippen molar-refractivity contribution in [2.45, 2.75) is 62.9 Å². The molecule has 1 N–H and O–H groups in total. The Hall–Kier alpha value is -6.23. The predicted octanol–water partition coefficient (Wildman–Crippen LogP) is 4.96.